The van der Waals surface area contributed by atoms with Crippen molar-refractivity contribution in [2.24, 2.45) is 0 Å². The summed E-state index contributed by atoms with van der Waals surface area (Å²) < 4.78 is 47.9. The minimum Gasteiger partial charge on any atom is -0.493 e. The molecule has 0 bridgehead atoms. The largest absolute Gasteiger partial charge is 0.493 e. The Bertz CT molecular complexity index is 799. The van der Waals surface area contributed by atoms with Crippen LogP contribution < -0.4 is 14.8 Å². The number of rotatable bonds is 7. The first kappa shape index (κ1) is 20.4. The van der Waals surface area contributed by atoms with Crippen molar-refractivity contribution in [1.29, 1.82) is 0 Å². The van der Waals surface area contributed by atoms with Gasteiger partial charge in [0.15, 0.2) is 11.5 Å². The molecule has 0 aliphatic heterocycles. The number of nitrogens with one attached hydrogen (secondary N) is 1. The fourth-order valence-corrected chi connectivity index (χ4v) is 2.38. The average molecular weight is 379 g/mol. The van der Waals surface area contributed by atoms with Crippen LogP contribution in [0.5, 0.6) is 11.5 Å². The summed E-state index contributed by atoms with van der Waals surface area (Å²) in [6, 6.07) is 10.1. The summed E-state index contributed by atoms with van der Waals surface area (Å²) in [6.45, 7) is 0.408. The molecule has 0 aliphatic carbocycles. The molecule has 1 N–H and O–H groups in total. The molecule has 144 valence electrons. The highest BCUT2D eigenvalue weighted by Crippen LogP contribution is 2.29. The van der Waals surface area contributed by atoms with Gasteiger partial charge in [-0.15, -0.1) is 0 Å². The normalized spacial score (nSPS) is 11.4. The molecule has 7 heteroatoms. The summed E-state index contributed by atoms with van der Waals surface area (Å²) in [6.07, 6.45) is -1.02. The molecule has 4 nitrogen and oxygen atoms in total. The number of amides is 1. The molecular weight excluding hydrogens is 359 g/mol. The molecular formula is C20H20F3NO3. The van der Waals surface area contributed by atoms with Crippen molar-refractivity contribution in [3.63, 3.8) is 0 Å². The first-order chi connectivity index (χ1) is 12.8. The van der Waals surface area contributed by atoms with Gasteiger partial charge in [-0.1, -0.05) is 18.2 Å². The van der Waals surface area contributed by atoms with E-state index in [-0.39, 0.29) is 5.91 Å². The minimum absolute atomic E-state index is 0.324. The summed E-state index contributed by atoms with van der Waals surface area (Å²) in [4.78, 5) is 11.8. The Kier molecular flexibility index (Phi) is 6.87. The molecule has 1 amide bonds. The van der Waals surface area contributed by atoms with E-state index in [0.717, 1.165) is 17.7 Å². The summed E-state index contributed by atoms with van der Waals surface area (Å²) in [5.41, 5.74) is 0.761. The second-order valence-electron chi connectivity index (χ2n) is 5.68. The van der Waals surface area contributed by atoms with Gasteiger partial charge in [-0.2, -0.15) is 13.2 Å². The van der Waals surface area contributed by atoms with Crippen LogP contribution in [-0.2, 0) is 17.4 Å². The number of hydrogen-bond acceptors (Lipinski definition) is 3. The smallest absolute Gasteiger partial charge is 0.416 e. The van der Waals surface area contributed by atoms with Crippen LogP contribution in [0.3, 0.4) is 0 Å². The van der Waals surface area contributed by atoms with E-state index in [0.29, 0.717) is 30.0 Å². The van der Waals surface area contributed by atoms with Gasteiger partial charge in [0.05, 0.1) is 19.8 Å². The van der Waals surface area contributed by atoms with E-state index in [1.807, 2.05) is 12.1 Å². The third-order valence-corrected chi connectivity index (χ3v) is 3.83. The van der Waals surface area contributed by atoms with E-state index in [1.165, 1.54) is 24.3 Å². The van der Waals surface area contributed by atoms with Crippen LogP contribution in [0.15, 0.2) is 48.5 Å². The Morgan fingerprint density at radius 1 is 1.04 bits per heavy atom. The van der Waals surface area contributed by atoms with Gasteiger partial charge in [0.25, 0.3) is 0 Å². The van der Waals surface area contributed by atoms with Gasteiger partial charge in [-0.25, -0.2) is 0 Å². The monoisotopic (exact) mass is 379 g/mol. The maximum Gasteiger partial charge on any atom is 0.416 e. The lowest BCUT2D eigenvalue weighted by atomic mass is 10.1. The zero-order valence-corrected chi connectivity index (χ0v) is 15.0. The maximum absolute atomic E-state index is 12.5. The summed E-state index contributed by atoms with van der Waals surface area (Å²) in [7, 11) is 3.11. The number of alkyl halides is 3. The van der Waals surface area contributed by atoms with Crippen LogP contribution in [0.4, 0.5) is 13.2 Å². The standard InChI is InChI=1S/C20H20F3NO3/c1-26-17-9-5-15(13-18(17)27-2)11-12-24-19(25)10-6-14-3-7-16(8-4-14)20(21,22)23/h3-10,13H,11-12H2,1-2H3,(H,24,25)/b10-6+. The lowest BCUT2D eigenvalue weighted by molar-refractivity contribution is -0.137. The van der Waals surface area contributed by atoms with Crippen LogP contribution in [0, 0.1) is 0 Å². The van der Waals surface area contributed by atoms with Crippen molar-refractivity contribution in [1.82, 2.24) is 5.32 Å². The quantitative estimate of drug-likeness (QED) is 0.737. The Balaban J connectivity index is 1.85. The minimum atomic E-state index is -4.37. The van der Waals surface area contributed by atoms with E-state index in [2.05, 4.69) is 5.32 Å². The van der Waals surface area contributed by atoms with Gasteiger partial charge in [0.1, 0.15) is 0 Å². The zero-order valence-electron chi connectivity index (χ0n) is 15.0. The first-order valence-corrected chi connectivity index (χ1v) is 8.17. The number of carbonyl (C=O) groups is 1. The molecule has 0 heterocycles. The highest BCUT2D eigenvalue weighted by molar-refractivity contribution is 5.91. The number of hydrogen-bond donors (Lipinski definition) is 1. The number of methoxy groups -OCH3 is 2. The van der Waals surface area contributed by atoms with Gasteiger partial charge in [-0.3, -0.25) is 4.79 Å². The van der Waals surface area contributed by atoms with Crippen LogP contribution in [-0.4, -0.2) is 26.7 Å². The maximum atomic E-state index is 12.5. The lowest BCUT2D eigenvalue weighted by Gasteiger charge is -2.09. The van der Waals surface area contributed by atoms with Crippen molar-refractivity contribution in [3.8, 4) is 11.5 Å². The molecule has 27 heavy (non-hydrogen) atoms. The molecule has 0 aliphatic rings. The summed E-state index contributed by atoms with van der Waals surface area (Å²) in [5.74, 6) is 0.920. The molecule has 2 aromatic rings. The predicted molar refractivity (Wildman–Crippen MR) is 96.7 cm³/mol. The van der Waals surface area contributed by atoms with Crippen molar-refractivity contribution in [2.45, 2.75) is 12.6 Å². The fourth-order valence-electron chi connectivity index (χ4n) is 2.38. The van der Waals surface area contributed by atoms with Crippen LogP contribution in [0.2, 0.25) is 0 Å². The molecule has 0 saturated carbocycles. The van der Waals surface area contributed by atoms with E-state index >= 15 is 0 Å². The molecule has 2 rings (SSSR count). The third kappa shape index (κ3) is 6.06. The van der Waals surface area contributed by atoms with Crippen molar-refractivity contribution >= 4 is 12.0 Å². The SMILES string of the molecule is COc1ccc(CCNC(=O)/C=C/c2ccc(C(F)(F)F)cc2)cc1OC. The zero-order chi connectivity index (χ0) is 19.9. The highest BCUT2D eigenvalue weighted by Gasteiger charge is 2.29. The average Bonchev–Trinajstić information content (AvgIpc) is 2.65. The predicted octanol–water partition coefficient (Wildman–Crippen LogP) is 4.09. The van der Waals surface area contributed by atoms with Gasteiger partial charge >= 0.3 is 6.18 Å². The van der Waals surface area contributed by atoms with Gasteiger partial charge in [-0.05, 0) is 47.9 Å². The molecule has 0 atom stereocenters. The van der Waals surface area contributed by atoms with Gasteiger partial charge in [0, 0.05) is 12.6 Å². The van der Waals surface area contributed by atoms with Crippen molar-refractivity contribution < 1.29 is 27.4 Å². The Morgan fingerprint density at radius 3 is 2.30 bits per heavy atom. The number of carbonyl (C=O) groups excluding carboxylic acids is 1. The summed E-state index contributed by atoms with van der Waals surface area (Å²) in [5, 5.41) is 2.73. The third-order valence-electron chi connectivity index (χ3n) is 3.83. The fraction of sp³-hybridized carbons (Fsp3) is 0.250. The molecule has 0 aromatic heterocycles. The van der Waals surface area contributed by atoms with Crippen molar-refractivity contribution in [3.05, 3.63) is 65.2 Å². The van der Waals surface area contributed by atoms with Crippen LogP contribution >= 0.6 is 0 Å². The van der Waals surface area contributed by atoms with Crippen LogP contribution in [0.1, 0.15) is 16.7 Å². The van der Waals surface area contributed by atoms with E-state index < -0.39 is 11.7 Å². The second-order valence-corrected chi connectivity index (χ2v) is 5.68. The molecule has 0 radical (unpaired) electrons. The van der Waals surface area contributed by atoms with E-state index in [9.17, 15) is 18.0 Å². The Labute approximate surface area is 155 Å². The lowest BCUT2D eigenvalue weighted by Crippen LogP contribution is -2.23. The van der Waals surface area contributed by atoms with Crippen LogP contribution in [0.25, 0.3) is 6.08 Å². The Hall–Kier alpha value is -2.96. The first-order valence-electron chi connectivity index (χ1n) is 8.17. The molecule has 2 aromatic carbocycles. The van der Waals surface area contributed by atoms with Gasteiger partial charge < -0.3 is 14.8 Å². The molecule has 0 spiro atoms. The van der Waals surface area contributed by atoms with E-state index in [4.69, 9.17) is 9.47 Å². The number of ether oxygens (including phenoxy) is 2. The summed E-state index contributed by atoms with van der Waals surface area (Å²) >= 11 is 0. The van der Waals surface area contributed by atoms with Crippen molar-refractivity contribution in [2.75, 3.05) is 20.8 Å². The highest BCUT2D eigenvalue weighted by atomic mass is 19.4. The topological polar surface area (TPSA) is 47.6 Å². The van der Waals surface area contributed by atoms with E-state index in [1.54, 1.807) is 20.3 Å². The molecule has 0 unspecified atom stereocenters. The Morgan fingerprint density at radius 2 is 1.70 bits per heavy atom. The second kappa shape index (κ2) is 9.12. The van der Waals surface area contributed by atoms with Gasteiger partial charge in [0.2, 0.25) is 5.91 Å². The molecule has 0 saturated heterocycles. The number of benzene rings is 2. The molecule has 0 fully saturated rings. The number of halogens is 3.